The van der Waals surface area contributed by atoms with Crippen LogP contribution < -0.4 is 5.43 Å². The van der Waals surface area contributed by atoms with Gasteiger partial charge in [-0.15, -0.1) is 0 Å². The van der Waals surface area contributed by atoms with Crippen molar-refractivity contribution in [3.8, 4) is 34.2 Å². The number of methoxy groups -OCH3 is 1. The summed E-state index contributed by atoms with van der Waals surface area (Å²) in [6.07, 6.45) is 5.67. The summed E-state index contributed by atoms with van der Waals surface area (Å²) in [6, 6.07) is 16.8. The number of pyridine rings is 1. The zero-order chi connectivity index (χ0) is 48.0. The zero-order valence-electron chi connectivity index (χ0n) is 40.3. The first kappa shape index (κ1) is 46.9. The van der Waals surface area contributed by atoms with Crippen LogP contribution in [0.3, 0.4) is 0 Å². The molecular formula is C54H63N7O7. The highest BCUT2D eigenvalue weighted by Gasteiger charge is 2.48. The fourth-order valence-corrected chi connectivity index (χ4v) is 11.8. The van der Waals surface area contributed by atoms with Gasteiger partial charge in [0, 0.05) is 80.8 Å². The van der Waals surface area contributed by atoms with Gasteiger partial charge in [-0.25, -0.2) is 10.4 Å². The number of benzene rings is 2. The van der Waals surface area contributed by atoms with E-state index in [1.54, 1.807) is 32.2 Å². The Bertz CT molecular complexity index is 2760. The fraction of sp³-hybridized carbons (Fsp3) is 0.500. The number of rotatable bonds is 6. The van der Waals surface area contributed by atoms with E-state index < -0.39 is 47.3 Å². The van der Waals surface area contributed by atoms with Gasteiger partial charge in [0.05, 0.1) is 23.9 Å². The fourth-order valence-electron chi connectivity index (χ4n) is 11.8. The van der Waals surface area contributed by atoms with E-state index in [4.69, 9.17) is 19.5 Å². The van der Waals surface area contributed by atoms with Gasteiger partial charge >= 0.3 is 5.97 Å². The van der Waals surface area contributed by atoms with Crippen molar-refractivity contribution in [1.82, 2.24) is 29.8 Å². The Morgan fingerprint density at radius 3 is 2.56 bits per heavy atom. The van der Waals surface area contributed by atoms with Gasteiger partial charge in [-0.2, -0.15) is 0 Å². The van der Waals surface area contributed by atoms with E-state index in [0.717, 1.165) is 75.8 Å². The number of esters is 1. The molecule has 6 bridgehead atoms. The third-order valence-corrected chi connectivity index (χ3v) is 15.2. The number of hydrogen-bond donors (Lipinski definition) is 1. The van der Waals surface area contributed by atoms with Crippen LogP contribution in [0, 0.1) is 35.0 Å². The molecule has 4 amide bonds. The van der Waals surface area contributed by atoms with Gasteiger partial charge < -0.3 is 23.8 Å². The van der Waals surface area contributed by atoms with Gasteiger partial charge in [-0.1, -0.05) is 69.9 Å². The second kappa shape index (κ2) is 19.1. The minimum atomic E-state index is -0.908. The number of cyclic esters (lactones) is 1. The van der Waals surface area contributed by atoms with E-state index in [1.807, 2.05) is 31.2 Å². The van der Waals surface area contributed by atoms with Gasteiger partial charge in [0.25, 0.3) is 17.7 Å². The number of ether oxygens (including phenoxy) is 2. The number of aliphatic imine (C=N–C) groups is 1. The molecule has 3 fully saturated rings. The van der Waals surface area contributed by atoms with Crippen LogP contribution >= 0.6 is 0 Å². The zero-order valence-corrected chi connectivity index (χ0v) is 40.3. The number of aromatic nitrogens is 2. The van der Waals surface area contributed by atoms with Crippen LogP contribution in [-0.2, 0) is 46.4 Å². The predicted octanol–water partition coefficient (Wildman–Crippen LogP) is 6.90. The van der Waals surface area contributed by atoms with Crippen LogP contribution in [0.2, 0.25) is 0 Å². The average Bonchev–Trinajstić information content (AvgIpc) is 4.10. The van der Waals surface area contributed by atoms with E-state index in [2.05, 4.69) is 72.9 Å². The van der Waals surface area contributed by atoms with Gasteiger partial charge in [0.1, 0.15) is 23.9 Å². The number of carbonyl (C=O) groups excluding carboxylic acids is 5. The average molecular weight is 922 g/mol. The molecule has 2 aromatic heterocycles. The van der Waals surface area contributed by atoms with Crippen LogP contribution in [0.5, 0.6) is 0 Å². The van der Waals surface area contributed by atoms with Gasteiger partial charge in [0.2, 0.25) is 5.91 Å². The summed E-state index contributed by atoms with van der Waals surface area (Å²) in [5, 5.41) is 2.46. The molecule has 14 heteroatoms. The Labute approximate surface area is 398 Å². The van der Waals surface area contributed by atoms with Crippen molar-refractivity contribution in [3.05, 3.63) is 77.6 Å². The largest absolute Gasteiger partial charge is 0.464 e. The summed E-state index contributed by atoms with van der Waals surface area (Å²) in [5.74, 6) is 2.07. The van der Waals surface area contributed by atoms with Crippen LogP contribution in [0.4, 0.5) is 0 Å². The molecule has 2 aliphatic carbocycles. The molecule has 4 aromatic rings. The molecule has 2 saturated heterocycles. The molecule has 0 radical (unpaired) electrons. The van der Waals surface area contributed by atoms with Crippen molar-refractivity contribution in [3.63, 3.8) is 0 Å². The van der Waals surface area contributed by atoms with E-state index in [-0.39, 0.29) is 61.4 Å². The molecule has 1 N–H and O–H groups in total. The Hall–Kier alpha value is -6.17. The first-order valence-electron chi connectivity index (χ1n) is 24.3. The highest BCUT2D eigenvalue weighted by atomic mass is 16.5. The van der Waals surface area contributed by atoms with Gasteiger partial charge in [0.15, 0.2) is 0 Å². The Balaban J connectivity index is 1.14. The lowest BCUT2D eigenvalue weighted by atomic mass is 9.67. The van der Waals surface area contributed by atoms with Crippen LogP contribution in [0.25, 0.3) is 33.3 Å². The molecule has 2 aromatic carbocycles. The second-order valence-corrected chi connectivity index (χ2v) is 20.1. The number of hydrogen-bond acceptors (Lipinski definition) is 9. The summed E-state index contributed by atoms with van der Waals surface area (Å²) in [4.78, 5) is 83.8. The maximum atomic E-state index is 14.9. The standard InChI is InChI=1S/C54H63N7O7/c1-8-15-43(62)59-29-32(3)39(30-59)51(64)58(6)47(34-17-10-11-18-34)50(63)56-41-27-33-16-12-19-35(26-33)36-22-23-42-38(28-36)44-45(49(67-7)46-37(20-13-24-55-46)48(44)60(42)9-2)54(4,5)31-68-53(66)40-21-14-25-61(57-40)52(41)65/h12-13,16,19-20,22-24,26,28,32,34,39-40,45,47,49,57H,9-11,14,17-18,21,25,27,29-31H2,1-7H3/t32-,39+,40-,45?,47-,49-/m0/s1. The second-order valence-electron chi connectivity index (χ2n) is 20.1. The number of likely N-dealkylation sites (N-methyl/N-ethyl adjacent to an activating group) is 1. The number of nitrogens with zero attached hydrogens (tertiary/aromatic N) is 6. The molecule has 3 aliphatic heterocycles. The van der Waals surface area contributed by atoms with Crippen molar-refractivity contribution in [2.45, 2.75) is 110 Å². The van der Waals surface area contributed by atoms with Crippen LogP contribution in [-0.4, -0.2) is 112 Å². The number of aryl methyl sites for hydroxylation is 1. The molecule has 1 unspecified atom stereocenters. The van der Waals surface area contributed by atoms with E-state index in [0.29, 0.717) is 25.9 Å². The predicted molar refractivity (Wildman–Crippen MR) is 259 cm³/mol. The van der Waals surface area contributed by atoms with Crippen LogP contribution in [0.1, 0.15) is 102 Å². The van der Waals surface area contributed by atoms with E-state index in [9.17, 15) is 24.0 Å². The lowest BCUT2D eigenvalue weighted by Gasteiger charge is -2.42. The monoisotopic (exact) mass is 921 g/mol. The molecule has 5 heterocycles. The number of nitrogens with one attached hydrogen (secondary N) is 1. The highest BCUT2D eigenvalue weighted by molar-refractivity contribution is 6.40. The first-order chi connectivity index (χ1) is 32.7. The summed E-state index contributed by atoms with van der Waals surface area (Å²) < 4.78 is 15.0. The normalized spacial score (nSPS) is 24.8. The van der Waals surface area contributed by atoms with Gasteiger partial charge in [-0.3, -0.25) is 34.0 Å². The maximum Gasteiger partial charge on any atom is 0.324 e. The summed E-state index contributed by atoms with van der Waals surface area (Å²) in [5.41, 5.74) is 10.3. The van der Waals surface area contributed by atoms with E-state index in [1.165, 1.54) is 9.91 Å². The molecule has 6 atom stereocenters. The molecule has 1 saturated carbocycles. The number of amides is 4. The number of carbonyl (C=O) groups is 5. The van der Waals surface area contributed by atoms with Crippen molar-refractivity contribution in [2.24, 2.45) is 28.2 Å². The Morgan fingerprint density at radius 2 is 1.81 bits per heavy atom. The van der Waals surface area contributed by atoms with E-state index >= 15 is 0 Å². The first-order valence-corrected chi connectivity index (χ1v) is 24.3. The van der Waals surface area contributed by atoms with Crippen molar-refractivity contribution in [2.75, 3.05) is 40.4 Å². The molecule has 5 aliphatic rings. The third kappa shape index (κ3) is 8.53. The quantitative estimate of drug-likeness (QED) is 0.161. The lowest BCUT2D eigenvalue weighted by Crippen LogP contribution is -2.57. The summed E-state index contributed by atoms with van der Waals surface area (Å²) in [6.45, 7) is 11.6. The Morgan fingerprint density at radius 1 is 1.03 bits per heavy atom. The maximum absolute atomic E-state index is 14.9. The topological polar surface area (TPSA) is 156 Å². The lowest BCUT2D eigenvalue weighted by molar-refractivity contribution is -0.155. The van der Waals surface area contributed by atoms with Crippen molar-refractivity contribution in [1.29, 1.82) is 0 Å². The van der Waals surface area contributed by atoms with Crippen molar-refractivity contribution < 1.29 is 33.4 Å². The summed E-state index contributed by atoms with van der Waals surface area (Å²) >= 11 is 0. The van der Waals surface area contributed by atoms with Crippen LogP contribution in [0.15, 0.2) is 65.8 Å². The SMILES string of the molecule is CC#CC(=O)N1C[C@H](C)[C@H](C(=O)N(C)[C@H](C(=O)N=C2Cc3cccc(c3)-c3ccc4c(c3)c3c(n4CC)-c4cccnc4[C@@H](OC)C3C(C)(C)COC(=O)[C@@H]3CCCN(N3)C2=O)C2CCCC2)C1. The molecule has 0 spiro atoms. The highest BCUT2D eigenvalue weighted by Crippen LogP contribution is 2.57. The summed E-state index contributed by atoms with van der Waals surface area (Å²) in [7, 11) is 3.37. The molecular weight excluding hydrogens is 859 g/mol. The molecule has 68 heavy (non-hydrogen) atoms. The number of likely N-dealkylation sites (tertiary alicyclic amines) is 1. The molecule has 9 rings (SSSR count). The minimum absolute atomic E-state index is 0.00850. The number of hydrazine groups is 1. The molecule has 356 valence electrons. The minimum Gasteiger partial charge on any atom is -0.464 e. The number of fused-ring (bicyclic) bond motifs is 8. The molecule has 14 nitrogen and oxygen atoms in total. The third-order valence-electron chi connectivity index (χ3n) is 15.2. The van der Waals surface area contributed by atoms with Gasteiger partial charge in [-0.05, 0) is 104 Å². The smallest absolute Gasteiger partial charge is 0.324 e. The van der Waals surface area contributed by atoms with Crippen molar-refractivity contribution >= 4 is 46.2 Å². The Kier molecular flexibility index (Phi) is 13.2.